The van der Waals surface area contributed by atoms with Crippen molar-refractivity contribution in [2.75, 3.05) is 0 Å². The zero-order valence-corrected chi connectivity index (χ0v) is 19.6. The monoisotopic (exact) mass is 450 g/mol. The molecule has 0 saturated heterocycles. The summed E-state index contributed by atoms with van der Waals surface area (Å²) < 4.78 is 0. The van der Waals surface area contributed by atoms with Gasteiger partial charge in [-0.25, -0.2) is 36.1 Å². The smallest absolute Gasteiger partial charge is 1.00 e. The minimum absolute atomic E-state index is 0. The second kappa shape index (κ2) is 12.1. The van der Waals surface area contributed by atoms with Gasteiger partial charge >= 0.3 is 26.2 Å². The summed E-state index contributed by atoms with van der Waals surface area (Å²) in [6.07, 6.45) is 23.8. The molecule has 148 valence electrons. The fraction of sp³-hybridized carbons (Fsp3) is 0.583. The first-order valence-electron chi connectivity index (χ1n) is 9.97. The normalized spacial score (nSPS) is 29.4. The largest absolute Gasteiger partial charge is 4.00 e. The summed E-state index contributed by atoms with van der Waals surface area (Å²) in [5.41, 5.74) is 3.19. The van der Waals surface area contributed by atoms with Crippen molar-refractivity contribution in [2.45, 2.75) is 53.4 Å². The van der Waals surface area contributed by atoms with Crippen LogP contribution in [-0.2, 0) is 26.2 Å². The number of rotatable bonds is 2. The summed E-state index contributed by atoms with van der Waals surface area (Å²) in [7, 11) is 0. The van der Waals surface area contributed by atoms with Crippen LogP contribution >= 0.6 is 0 Å². The Morgan fingerprint density at radius 3 is 1.41 bits per heavy atom. The topological polar surface area (TPSA) is 0 Å². The number of fused-ring (bicyclic) bond motifs is 2. The third-order valence-electron chi connectivity index (χ3n) is 6.27. The summed E-state index contributed by atoms with van der Waals surface area (Å²) in [5, 5.41) is 0. The number of hydrogen-bond acceptors (Lipinski definition) is 0. The van der Waals surface area contributed by atoms with Crippen LogP contribution in [0.25, 0.3) is 0 Å². The number of hydrogen-bond donors (Lipinski definition) is 0. The molecule has 0 bridgehead atoms. The molecule has 0 spiro atoms. The SMILES string of the molecule is CC(C)C1[CH-]C2=CC=CCC2C1.CC(C)C1[CH-]C2=CC=CCC2C1.[F-].[F-].[Zr+4]. The molecule has 0 aromatic heterocycles. The maximum atomic E-state index is 2.48. The third kappa shape index (κ3) is 6.77. The van der Waals surface area contributed by atoms with E-state index in [9.17, 15) is 0 Å². The molecule has 0 aliphatic heterocycles. The van der Waals surface area contributed by atoms with Crippen LogP contribution < -0.4 is 9.41 Å². The summed E-state index contributed by atoms with van der Waals surface area (Å²) >= 11 is 0. The quantitative estimate of drug-likeness (QED) is 0.544. The van der Waals surface area contributed by atoms with Crippen LogP contribution in [0, 0.1) is 48.3 Å². The van der Waals surface area contributed by atoms with Crippen molar-refractivity contribution in [3.8, 4) is 0 Å². The minimum Gasteiger partial charge on any atom is -1.00 e. The van der Waals surface area contributed by atoms with E-state index in [2.05, 4.69) is 77.0 Å². The van der Waals surface area contributed by atoms with Gasteiger partial charge in [-0.3, -0.25) is 0 Å². The fourth-order valence-corrected chi connectivity index (χ4v) is 4.45. The van der Waals surface area contributed by atoms with Gasteiger partial charge in [0.1, 0.15) is 0 Å². The Morgan fingerprint density at radius 2 is 1.11 bits per heavy atom. The predicted octanol–water partition coefficient (Wildman–Crippen LogP) is 0.744. The van der Waals surface area contributed by atoms with E-state index in [1.807, 2.05) is 0 Å². The summed E-state index contributed by atoms with van der Waals surface area (Å²) in [4.78, 5) is 0. The Morgan fingerprint density at radius 1 is 0.741 bits per heavy atom. The molecule has 0 aromatic carbocycles. The van der Waals surface area contributed by atoms with Crippen LogP contribution in [0.2, 0.25) is 0 Å². The molecule has 0 heterocycles. The van der Waals surface area contributed by atoms with Gasteiger partial charge in [0.25, 0.3) is 0 Å². The van der Waals surface area contributed by atoms with Crippen LogP contribution in [0.5, 0.6) is 0 Å². The Labute approximate surface area is 184 Å². The van der Waals surface area contributed by atoms with Gasteiger partial charge in [-0.1, -0.05) is 64.2 Å². The maximum Gasteiger partial charge on any atom is 4.00 e. The van der Waals surface area contributed by atoms with Crippen molar-refractivity contribution in [1.82, 2.24) is 0 Å². The molecule has 4 atom stereocenters. The molecule has 0 amide bonds. The van der Waals surface area contributed by atoms with Gasteiger partial charge in [0.05, 0.1) is 0 Å². The zero-order valence-electron chi connectivity index (χ0n) is 17.2. The number of halogens is 2. The first kappa shape index (κ1) is 26.4. The minimum atomic E-state index is 0. The van der Waals surface area contributed by atoms with Gasteiger partial charge in [-0.2, -0.15) is 0 Å². The van der Waals surface area contributed by atoms with Crippen molar-refractivity contribution >= 4 is 0 Å². The summed E-state index contributed by atoms with van der Waals surface area (Å²) in [6.45, 7) is 9.30. The molecule has 27 heavy (non-hydrogen) atoms. The van der Waals surface area contributed by atoms with E-state index in [1.165, 1.54) is 25.7 Å². The van der Waals surface area contributed by atoms with Crippen molar-refractivity contribution in [3.63, 3.8) is 0 Å². The van der Waals surface area contributed by atoms with E-state index in [0.717, 1.165) is 35.5 Å². The first-order valence-corrected chi connectivity index (χ1v) is 9.97. The van der Waals surface area contributed by atoms with E-state index in [0.29, 0.717) is 0 Å². The number of allylic oxidation sites excluding steroid dienone is 8. The molecule has 4 rings (SSSR count). The van der Waals surface area contributed by atoms with Crippen LogP contribution in [0.4, 0.5) is 0 Å². The summed E-state index contributed by atoms with van der Waals surface area (Å²) in [6, 6.07) is 0. The van der Waals surface area contributed by atoms with E-state index in [4.69, 9.17) is 0 Å². The van der Waals surface area contributed by atoms with Crippen LogP contribution in [0.1, 0.15) is 53.4 Å². The van der Waals surface area contributed by atoms with E-state index >= 15 is 0 Å². The van der Waals surface area contributed by atoms with E-state index in [1.54, 1.807) is 11.1 Å². The third-order valence-corrected chi connectivity index (χ3v) is 6.27. The van der Waals surface area contributed by atoms with Gasteiger partial charge in [-0.15, -0.1) is 24.3 Å². The average molecular weight is 452 g/mol. The van der Waals surface area contributed by atoms with Crippen molar-refractivity contribution in [1.29, 1.82) is 0 Å². The zero-order chi connectivity index (χ0) is 17.1. The Balaban J connectivity index is 0.000000451. The van der Waals surface area contributed by atoms with Gasteiger partial charge in [-0.05, 0) is 24.7 Å². The second-order valence-electron chi connectivity index (χ2n) is 8.68. The van der Waals surface area contributed by atoms with Gasteiger partial charge in [0.15, 0.2) is 0 Å². The first-order chi connectivity index (χ1) is 11.5. The second-order valence-corrected chi connectivity index (χ2v) is 8.68. The fourth-order valence-electron chi connectivity index (χ4n) is 4.45. The maximum absolute atomic E-state index is 2.48. The molecule has 4 unspecified atom stereocenters. The van der Waals surface area contributed by atoms with E-state index in [-0.39, 0.29) is 35.6 Å². The molecule has 4 aliphatic rings. The Bertz CT molecular complexity index is 507. The van der Waals surface area contributed by atoms with E-state index < -0.39 is 0 Å². The van der Waals surface area contributed by atoms with Gasteiger partial charge in [0.2, 0.25) is 0 Å². The van der Waals surface area contributed by atoms with Crippen molar-refractivity contribution in [3.05, 3.63) is 60.4 Å². The van der Waals surface area contributed by atoms with Gasteiger partial charge in [0, 0.05) is 0 Å². The van der Waals surface area contributed by atoms with Gasteiger partial charge < -0.3 is 9.41 Å². The molecular formula is C24H34F2Zr. The summed E-state index contributed by atoms with van der Waals surface area (Å²) in [5.74, 6) is 5.00. The molecule has 0 nitrogen and oxygen atoms in total. The predicted molar refractivity (Wildman–Crippen MR) is 105 cm³/mol. The molecule has 0 radical (unpaired) electrons. The molecule has 3 heteroatoms. The molecule has 2 fully saturated rings. The average Bonchev–Trinajstić information content (AvgIpc) is 3.19. The Hall–Kier alpha value is -0.557. The molecule has 2 saturated carbocycles. The van der Waals surface area contributed by atoms with Crippen molar-refractivity contribution in [2.24, 2.45) is 35.5 Å². The molecular weight excluding hydrogens is 417 g/mol. The molecule has 0 aromatic rings. The van der Waals surface area contributed by atoms with Crippen LogP contribution in [0.3, 0.4) is 0 Å². The standard InChI is InChI=1S/2C12H17.2FH.Zr/c2*1-9(2)12-7-10-5-3-4-6-11(10)8-12;;;/h2*3-5,7,9,11-12H,6,8H2,1-2H3;2*1H;/q2*-1;;;+4/p-2. The van der Waals surface area contributed by atoms with Crippen LogP contribution in [-0.4, -0.2) is 0 Å². The van der Waals surface area contributed by atoms with Crippen LogP contribution in [0.15, 0.2) is 47.6 Å². The Kier molecular flexibility index (Phi) is 11.9. The molecule has 0 N–H and O–H groups in total. The van der Waals surface area contributed by atoms with Crippen molar-refractivity contribution < 1.29 is 35.6 Å². The molecule has 4 aliphatic carbocycles.